The summed E-state index contributed by atoms with van der Waals surface area (Å²) in [6.07, 6.45) is 6.20. The average molecular weight is 498 g/mol. The zero-order valence-electron chi connectivity index (χ0n) is 20.8. The molecule has 2 amide bonds. The average Bonchev–Trinajstić information content (AvgIpc) is 3.09. The first-order valence-corrected chi connectivity index (χ1v) is 13.8. The maximum Gasteiger partial charge on any atom is 0.247 e. The Labute approximate surface area is 208 Å². The van der Waals surface area contributed by atoms with E-state index in [9.17, 15) is 18.0 Å². The fraction of sp³-hybridized carbons (Fsp3) is 0.481. The minimum atomic E-state index is -3.96. The normalized spacial score (nSPS) is 22.6. The molecule has 0 radical (unpaired) electrons. The molecule has 2 aromatic rings. The van der Waals surface area contributed by atoms with Crippen LogP contribution in [0.1, 0.15) is 56.6 Å². The lowest BCUT2D eigenvalue weighted by Gasteiger charge is -2.47. The third-order valence-corrected chi connectivity index (χ3v) is 9.00. The van der Waals surface area contributed by atoms with Crippen LogP contribution in [0.4, 0.5) is 5.69 Å². The van der Waals surface area contributed by atoms with Crippen molar-refractivity contribution in [1.82, 2.24) is 9.62 Å². The molecule has 1 heterocycles. The Morgan fingerprint density at radius 2 is 1.66 bits per heavy atom. The predicted octanol–water partition coefficient (Wildman–Crippen LogP) is 3.94. The van der Waals surface area contributed by atoms with Crippen molar-refractivity contribution in [2.45, 2.75) is 75.8 Å². The minimum Gasteiger partial charge on any atom is -0.351 e. The Kier molecular flexibility index (Phi) is 7.33. The number of aryl methyl sites for hydroxylation is 2. The van der Waals surface area contributed by atoms with Crippen molar-refractivity contribution >= 4 is 27.5 Å². The lowest BCUT2D eigenvalue weighted by atomic mass is 9.92. The summed E-state index contributed by atoms with van der Waals surface area (Å²) in [4.78, 5) is 29.1. The minimum absolute atomic E-state index is 0.0269. The van der Waals surface area contributed by atoms with Crippen molar-refractivity contribution in [3.05, 3.63) is 59.7 Å². The summed E-state index contributed by atoms with van der Waals surface area (Å²) in [6.45, 7) is 5.12. The van der Waals surface area contributed by atoms with Gasteiger partial charge >= 0.3 is 0 Å². The molecule has 4 rings (SSSR count). The molecule has 1 saturated carbocycles. The van der Waals surface area contributed by atoms with Gasteiger partial charge in [-0.1, -0.05) is 61.6 Å². The zero-order valence-corrected chi connectivity index (χ0v) is 21.6. The fourth-order valence-electron chi connectivity index (χ4n) is 5.27. The van der Waals surface area contributed by atoms with E-state index in [0.717, 1.165) is 54.0 Å². The van der Waals surface area contributed by atoms with Gasteiger partial charge in [0.05, 0.1) is 11.4 Å². The second kappa shape index (κ2) is 10.1. The van der Waals surface area contributed by atoms with E-state index < -0.39 is 21.5 Å². The van der Waals surface area contributed by atoms with Crippen LogP contribution < -0.4 is 10.2 Å². The van der Waals surface area contributed by atoms with Crippen molar-refractivity contribution in [2.75, 3.05) is 18.0 Å². The van der Waals surface area contributed by atoms with E-state index in [-0.39, 0.29) is 29.9 Å². The molecule has 1 aliphatic heterocycles. The molecule has 1 aliphatic carbocycles. The van der Waals surface area contributed by atoms with E-state index in [2.05, 4.69) is 5.32 Å². The molecule has 7 nitrogen and oxygen atoms in total. The van der Waals surface area contributed by atoms with Crippen LogP contribution in [0, 0.1) is 13.8 Å². The molecule has 35 heavy (non-hydrogen) atoms. The van der Waals surface area contributed by atoms with Gasteiger partial charge in [0.25, 0.3) is 0 Å². The maximum absolute atomic E-state index is 13.9. The molecule has 2 fully saturated rings. The highest BCUT2D eigenvalue weighted by Crippen LogP contribution is 2.34. The van der Waals surface area contributed by atoms with E-state index in [1.165, 1.54) is 17.0 Å². The summed E-state index contributed by atoms with van der Waals surface area (Å²) in [5.74, 6) is -0.730. The molecule has 1 atom stereocenters. The number of hydrogen-bond acceptors (Lipinski definition) is 4. The number of nitrogens with zero attached hydrogens (tertiary/aromatic N) is 2. The van der Waals surface area contributed by atoms with Gasteiger partial charge in [-0.25, -0.2) is 8.42 Å². The SMILES string of the molecule is Cc1ccc(N2C(=O)CN(S(=O)(=O)c3ccccc3)C[C@@]2(C)C(=O)NC2CCCCCC2)c(C)c1. The van der Waals surface area contributed by atoms with Gasteiger partial charge in [-0.3, -0.25) is 14.5 Å². The first-order valence-electron chi connectivity index (χ1n) is 12.4. The molecule has 2 aliphatic rings. The van der Waals surface area contributed by atoms with Crippen LogP contribution in [0.5, 0.6) is 0 Å². The molecule has 1 saturated heterocycles. The topological polar surface area (TPSA) is 86.8 Å². The van der Waals surface area contributed by atoms with E-state index in [1.54, 1.807) is 25.1 Å². The van der Waals surface area contributed by atoms with Crippen LogP contribution in [-0.4, -0.2) is 49.2 Å². The maximum atomic E-state index is 13.9. The number of sulfonamides is 1. The molecule has 8 heteroatoms. The van der Waals surface area contributed by atoms with Gasteiger partial charge < -0.3 is 5.32 Å². The Bertz CT molecular complexity index is 1190. The quantitative estimate of drug-likeness (QED) is 0.634. The summed E-state index contributed by atoms with van der Waals surface area (Å²) in [5, 5.41) is 3.18. The molecule has 1 N–H and O–H groups in total. The Morgan fingerprint density at radius 3 is 2.29 bits per heavy atom. The molecular weight excluding hydrogens is 462 g/mol. The van der Waals surface area contributed by atoms with Crippen molar-refractivity contribution in [2.24, 2.45) is 0 Å². The first-order chi connectivity index (χ1) is 16.6. The smallest absolute Gasteiger partial charge is 0.247 e. The number of amides is 2. The summed E-state index contributed by atoms with van der Waals surface area (Å²) >= 11 is 0. The first kappa shape index (κ1) is 25.4. The van der Waals surface area contributed by atoms with Gasteiger partial charge in [-0.15, -0.1) is 0 Å². The number of carbonyl (C=O) groups is 2. The van der Waals surface area contributed by atoms with Crippen LogP contribution >= 0.6 is 0 Å². The van der Waals surface area contributed by atoms with Gasteiger partial charge in [0.1, 0.15) is 5.54 Å². The van der Waals surface area contributed by atoms with Gasteiger partial charge in [0, 0.05) is 18.3 Å². The van der Waals surface area contributed by atoms with Crippen LogP contribution in [0.25, 0.3) is 0 Å². The summed E-state index contributed by atoms with van der Waals surface area (Å²) in [7, 11) is -3.96. The Hall–Kier alpha value is -2.71. The van der Waals surface area contributed by atoms with Gasteiger partial charge in [-0.05, 0) is 57.4 Å². The second-order valence-electron chi connectivity index (χ2n) is 10.0. The van der Waals surface area contributed by atoms with Crippen LogP contribution in [-0.2, 0) is 19.6 Å². The van der Waals surface area contributed by atoms with Gasteiger partial charge in [0.2, 0.25) is 21.8 Å². The highest BCUT2D eigenvalue weighted by atomic mass is 32.2. The van der Waals surface area contributed by atoms with Crippen LogP contribution in [0.15, 0.2) is 53.4 Å². The number of piperazine rings is 1. The Balaban J connectivity index is 1.73. The number of nitrogens with one attached hydrogen (secondary N) is 1. The molecular formula is C27H35N3O4S. The lowest BCUT2D eigenvalue weighted by molar-refractivity contribution is -0.133. The van der Waals surface area contributed by atoms with Crippen molar-refractivity contribution in [1.29, 1.82) is 0 Å². The second-order valence-corrected chi connectivity index (χ2v) is 12.0. The molecule has 0 spiro atoms. The highest BCUT2D eigenvalue weighted by molar-refractivity contribution is 7.89. The van der Waals surface area contributed by atoms with E-state index in [1.807, 2.05) is 32.0 Å². The summed E-state index contributed by atoms with van der Waals surface area (Å²) in [6, 6.07) is 13.8. The number of carbonyl (C=O) groups excluding carboxylic acids is 2. The lowest BCUT2D eigenvalue weighted by Crippen LogP contribution is -2.70. The van der Waals surface area contributed by atoms with Crippen molar-refractivity contribution in [3.8, 4) is 0 Å². The van der Waals surface area contributed by atoms with E-state index in [4.69, 9.17) is 0 Å². The summed E-state index contributed by atoms with van der Waals surface area (Å²) in [5.41, 5.74) is 1.15. The largest absolute Gasteiger partial charge is 0.351 e. The molecule has 2 aromatic carbocycles. The number of anilines is 1. The standard InChI is InChI=1S/C27H35N3O4S/c1-20-15-16-24(21(2)17-20)30-25(31)18-29(35(33,34)23-13-9-6-10-14-23)19-27(30,3)26(32)28-22-11-7-4-5-8-12-22/h6,9-10,13-17,22H,4-5,7-8,11-12,18-19H2,1-3H3,(H,28,32)/t27-/m0/s1. The van der Waals surface area contributed by atoms with Crippen LogP contribution in [0.2, 0.25) is 0 Å². The molecule has 0 aromatic heterocycles. The van der Waals surface area contributed by atoms with E-state index >= 15 is 0 Å². The third kappa shape index (κ3) is 5.14. The van der Waals surface area contributed by atoms with Crippen molar-refractivity contribution in [3.63, 3.8) is 0 Å². The highest BCUT2D eigenvalue weighted by Gasteiger charge is 2.51. The monoisotopic (exact) mass is 497 g/mol. The third-order valence-electron chi connectivity index (χ3n) is 7.19. The van der Waals surface area contributed by atoms with Crippen molar-refractivity contribution < 1.29 is 18.0 Å². The molecule has 188 valence electrons. The zero-order chi connectivity index (χ0) is 25.2. The Morgan fingerprint density at radius 1 is 1.00 bits per heavy atom. The molecule has 0 unspecified atom stereocenters. The van der Waals surface area contributed by atoms with Gasteiger partial charge in [-0.2, -0.15) is 4.31 Å². The summed E-state index contributed by atoms with van der Waals surface area (Å²) < 4.78 is 28.1. The number of rotatable bonds is 5. The fourth-order valence-corrected chi connectivity index (χ4v) is 6.77. The van der Waals surface area contributed by atoms with Crippen LogP contribution in [0.3, 0.4) is 0 Å². The van der Waals surface area contributed by atoms with Gasteiger partial charge in [0.15, 0.2) is 0 Å². The number of benzene rings is 2. The van der Waals surface area contributed by atoms with E-state index in [0.29, 0.717) is 5.69 Å². The molecule has 0 bridgehead atoms. The predicted molar refractivity (Wildman–Crippen MR) is 137 cm³/mol. The number of hydrogen-bond donors (Lipinski definition) is 1.